The number of amides is 1. The second-order valence-corrected chi connectivity index (χ2v) is 6.09. The molecule has 1 saturated heterocycles. The zero-order valence-electron chi connectivity index (χ0n) is 14.2. The molecule has 130 valence electrons. The van der Waals surface area contributed by atoms with Crippen LogP contribution in [0.2, 0.25) is 0 Å². The molecule has 1 aliphatic heterocycles. The number of morpholine rings is 1. The van der Waals surface area contributed by atoms with Crippen LogP contribution in [0.15, 0.2) is 33.4 Å². The minimum atomic E-state index is -0.363. The molecule has 3 heterocycles. The monoisotopic (exact) mass is 341 g/mol. The molecule has 0 N–H and O–H groups in total. The van der Waals surface area contributed by atoms with E-state index in [1.165, 1.54) is 6.26 Å². The van der Waals surface area contributed by atoms with Gasteiger partial charge in [-0.15, -0.1) is 0 Å². The van der Waals surface area contributed by atoms with E-state index in [1.54, 1.807) is 11.8 Å². The first-order valence-electron chi connectivity index (χ1n) is 8.36. The lowest BCUT2D eigenvalue weighted by Crippen LogP contribution is -2.43. The zero-order chi connectivity index (χ0) is 17.4. The molecule has 0 aliphatic carbocycles. The first-order chi connectivity index (χ1) is 12.2. The lowest BCUT2D eigenvalue weighted by atomic mass is 10.1. The second-order valence-electron chi connectivity index (χ2n) is 6.09. The van der Waals surface area contributed by atoms with E-state index in [0.29, 0.717) is 42.6 Å². The maximum atomic E-state index is 13.2. The van der Waals surface area contributed by atoms with Gasteiger partial charge >= 0.3 is 0 Å². The number of fused-ring (bicyclic) bond motifs is 1. The number of hydrogen-bond acceptors (Lipinski definition) is 6. The Morgan fingerprint density at radius 2 is 2.28 bits per heavy atom. The van der Waals surface area contributed by atoms with Crippen molar-refractivity contribution in [2.45, 2.75) is 26.3 Å². The number of carbonyl (C=O) groups is 1. The van der Waals surface area contributed by atoms with Crippen molar-refractivity contribution in [2.24, 2.45) is 0 Å². The number of carbonyl (C=O) groups excluding carboxylic acids is 1. The number of nitrogens with zero attached hydrogens (tertiary/aromatic N) is 3. The van der Waals surface area contributed by atoms with Gasteiger partial charge in [0.2, 0.25) is 5.89 Å². The number of furan rings is 1. The van der Waals surface area contributed by atoms with Gasteiger partial charge in [0.05, 0.1) is 18.8 Å². The number of benzene rings is 1. The van der Waals surface area contributed by atoms with Crippen LogP contribution in [0.5, 0.6) is 0 Å². The Bertz CT molecular complexity index is 914. The highest BCUT2D eigenvalue weighted by Crippen LogP contribution is 2.28. The van der Waals surface area contributed by atoms with Crippen molar-refractivity contribution in [1.82, 2.24) is 15.0 Å². The minimum Gasteiger partial charge on any atom is -0.463 e. The standard InChI is InChI=1S/C18H19N3O4/c1-3-12-4-5-16-13(8-12)14(9-24-16)18(22)21-6-7-23-10-15(21)17-19-11(2)25-20-17/h4-5,8-9,15H,3,6-7,10H2,1-2H3. The topological polar surface area (TPSA) is 81.6 Å². The summed E-state index contributed by atoms with van der Waals surface area (Å²) in [5.41, 5.74) is 2.42. The first-order valence-corrected chi connectivity index (χ1v) is 8.36. The van der Waals surface area contributed by atoms with E-state index in [-0.39, 0.29) is 11.9 Å². The van der Waals surface area contributed by atoms with E-state index < -0.39 is 0 Å². The van der Waals surface area contributed by atoms with Crippen molar-refractivity contribution in [3.63, 3.8) is 0 Å². The van der Waals surface area contributed by atoms with E-state index in [9.17, 15) is 4.79 Å². The number of ether oxygens (including phenoxy) is 1. The fourth-order valence-electron chi connectivity index (χ4n) is 3.13. The van der Waals surface area contributed by atoms with Crippen LogP contribution in [0.3, 0.4) is 0 Å². The molecule has 25 heavy (non-hydrogen) atoms. The summed E-state index contributed by atoms with van der Waals surface area (Å²) in [6, 6.07) is 5.57. The summed E-state index contributed by atoms with van der Waals surface area (Å²) >= 11 is 0. The lowest BCUT2D eigenvalue weighted by Gasteiger charge is -2.33. The van der Waals surface area contributed by atoms with Gasteiger partial charge in [-0.2, -0.15) is 4.98 Å². The number of hydrogen-bond donors (Lipinski definition) is 0. The molecule has 1 unspecified atom stereocenters. The molecule has 1 fully saturated rings. The van der Waals surface area contributed by atoms with Crippen LogP contribution in [0.1, 0.15) is 40.6 Å². The molecule has 7 nitrogen and oxygen atoms in total. The predicted molar refractivity (Wildman–Crippen MR) is 89.2 cm³/mol. The molecular formula is C18H19N3O4. The third-order valence-corrected chi connectivity index (χ3v) is 4.51. The van der Waals surface area contributed by atoms with Crippen molar-refractivity contribution in [1.29, 1.82) is 0 Å². The molecule has 0 saturated carbocycles. The van der Waals surface area contributed by atoms with Crippen LogP contribution in [0.4, 0.5) is 0 Å². The Morgan fingerprint density at radius 1 is 1.40 bits per heavy atom. The Kier molecular flexibility index (Phi) is 4.01. The van der Waals surface area contributed by atoms with Crippen LogP contribution >= 0.6 is 0 Å². The SMILES string of the molecule is CCc1ccc2occ(C(=O)N3CCOCC3c3noc(C)n3)c2c1. The van der Waals surface area contributed by atoms with Gasteiger partial charge in [-0.25, -0.2) is 0 Å². The molecule has 0 radical (unpaired) electrons. The zero-order valence-corrected chi connectivity index (χ0v) is 14.2. The summed E-state index contributed by atoms with van der Waals surface area (Å²) in [6.07, 6.45) is 2.43. The molecule has 3 aromatic rings. The fourth-order valence-corrected chi connectivity index (χ4v) is 3.13. The van der Waals surface area contributed by atoms with Crippen LogP contribution in [-0.2, 0) is 11.2 Å². The van der Waals surface area contributed by atoms with Crippen LogP contribution in [-0.4, -0.2) is 40.7 Å². The number of aryl methyl sites for hydroxylation is 2. The molecule has 1 amide bonds. The van der Waals surface area contributed by atoms with Crippen LogP contribution in [0, 0.1) is 6.92 Å². The van der Waals surface area contributed by atoms with Crippen molar-refractivity contribution in [2.75, 3.05) is 19.8 Å². The first kappa shape index (κ1) is 15.8. The largest absolute Gasteiger partial charge is 0.463 e. The Morgan fingerprint density at radius 3 is 3.04 bits per heavy atom. The average molecular weight is 341 g/mol. The highest BCUT2D eigenvalue weighted by atomic mass is 16.5. The van der Waals surface area contributed by atoms with Crippen molar-refractivity contribution in [3.8, 4) is 0 Å². The third kappa shape index (κ3) is 2.80. The van der Waals surface area contributed by atoms with Gasteiger partial charge in [-0.3, -0.25) is 4.79 Å². The lowest BCUT2D eigenvalue weighted by molar-refractivity contribution is -0.00571. The quantitative estimate of drug-likeness (QED) is 0.728. The fraction of sp³-hybridized carbons (Fsp3) is 0.389. The van der Waals surface area contributed by atoms with E-state index in [2.05, 4.69) is 17.1 Å². The Balaban J connectivity index is 1.71. The van der Waals surface area contributed by atoms with Gasteiger partial charge in [0.1, 0.15) is 17.9 Å². The van der Waals surface area contributed by atoms with Crippen LogP contribution in [0.25, 0.3) is 11.0 Å². The van der Waals surface area contributed by atoms with Gasteiger partial charge in [0.15, 0.2) is 5.82 Å². The Hall–Kier alpha value is -2.67. The molecule has 2 aromatic heterocycles. The number of aromatic nitrogens is 2. The summed E-state index contributed by atoms with van der Waals surface area (Å²) in [6.45, 7) is 5.11. The third-order valence-electron chi connectivity index (χ3n) is 4.51. The van der Waals surface area contributed by atoms with E-state index in [0.717, 1.165) is 17.4 Å². The smallest absolute Gasteiger partial charge is 0.258 e. The summed E-state index contributed by atoms with van der Waals surface area (Å²) in [7, 11) is 0. The molecule has 1 aromatic carbocycles. The molecule has 4 rings (SSSR count). The molecule has 0 spiro atoms. The van der Waals surface area contributed by atoms with Crippen molar-refractivity contribution >= 4 is 16.9 Å². The summed E-state index contributed by atoms with van der Waals surface area (Å²) in [5, 5.41) is 4.79. The van der Waals surface area contributed by atoms with Crippen molar-refractivity contribution < 1.29 is 18.5 Å². The Labute approximate surface area is 144 Å². The summed E-state index contributed by atoms with van der Waals surface area (Å²) in [4.78, 5) is 19.2. The summed E-state index contributed by atoms with van der Waals surface area (Å²) < 4.78 is 16.2. The predicted octanol–water partition coefficient (Wildman–Crippen LogP) is 2.90. The number of rotatable bonds is 3. The minimum absolute atomic E-state index is 0.109. The molecule has 7 heteroatoms. The average Bonchev–Trinajstić information content (AvgIpc) is 3.26. The highest BCUT2D eigenvalue weighted by Gasteiger charge is 2.33. The van der Waals surface area contributed by atoms with Gasteiger partial charge in [0.25, 0.3) is 5.91 Å². The molecular weight excluding hydrogens is 322 g/mol. The summed E-state index contributed by atoms with van der Waals surface area (Å²) in [5.74, 6) is 0.824. The van der Waals surface area contributed by atoms with Gasteiger partial charge in [-0.05, 0) is 24.1 Å². The van der Waals surface area contributed by atoms with Gasteiger partial charge in [0, 0.05) is 18.9 Å². The van der Waals surface area contributed by atoms with Crippen LogP contribution < -0.4 is 0 Å². The molecule has 0 bridgehead atoms. The molecule has 1 aliphatic rings. The van der Waals surface area contributed by atoms with E-state index >= 15 is 0 Å². The highest BCUT2D eigenvalue weighted by molar-refractivity contribution is 6.06. The van der Waals surface area contributed by atoms with Gasteiger partial charge < -0.3 is 18.6 Å². The van der Waals surface area contributed by atoms with Crippen molar-refractivity contribution in [3.05, 3.63) is 47.3 Å². The molecule has 1 atom stereocenters. The van der Waals surface area contributed by atoms with Gasteiger partial charge in [-0.1, -0.05) is 18.1 Å². The maximum absolute atomic E-state index is 13.2. The maximum Gasteiger partial charge on any atom is 0.258 e. The second kappa shape index (κ2) is 6.33. The van der Waals surface area contributed by atoms with E-state index in [4.69, 9.17) is 13.7 Å². The normalized spacial score (nSPS) is 18.0. The van der Waals surface area contributed by atoms with E-state index in [1.807, 2.05) is 18.2 Å².